The Morgan fingerprint density at radius 2 is 1.90 bits per heavy atom. The number of nitrogens with one attached hydrogen (secondary N) is 2. The molecule has 3 rings (SSSR count). The van der Waals surface area contributed by atoms with E-state index in [1.807, 2.05) is 36.0 Å². The van der Waals surface area contributed by atoms with E-state index in [9.17, 15) is 0 Å². The van der Waals surface area contributed by atoms with Crippen LogP contribution in [0.5, 0.6) is 0 Å². The molecule has 0 amide bonds. The standard InChI is InChI=1S/C22H30N6O.HI/c1-5-23-21(26-15-20-24-14-19(29-20)22(2,3)4)25-13-17-9-6-7-10-18(17)16-28-12-8-11-27-28;/h6-12,14H,5,13,15-16H2,1-4H3,(H2,23,25,26);1H. The molecule has 0 unspecified atom stereocenters. The van der Waals surface area contributed by atoms with Crippen LogP contribution in [0.3, 0.4) is 0 Å². The molecule has 0 radical (unpaired) electrons. The Bertz CT molecular complexity index is 927. The van der Waals surface area contributed by atoms with Gasteiger partial charge in [0.05, 0.1) is 25.8 Å². The summed E-state index contributed by atoms with van der Waals surface area (Å²) in [6, 6.07) is 10.2. The molecule has 0 aliphatic heterocycles. The van der Waals surface area contributed by atoms with Gasteiger partial charge in [0.1, 0.15) is 5.76 Å². The Hall–Kier alpha value is -2.36. The van der Waals surface area contributed by atoms with Crippen molar-refractivity contribution in [2.24, 2.45) is 4.99 Å². The Labute approximate surface area is 195 Å². The molecule has 0 aliphatic carbocycles. The second kappa shape index (κ2) is 11.1. The third-order valence-electron chi connectivity index (χ3n) is 4.46. The minimum atomic E-state index is -0.0534. The predicted molar refractivity (Wildman–Crippen MR) is 130 cm³/mol. The predicted octanol–water partition coefficient (Wildman–Crippen LogP) is 4.09. The molecule has 1 aromatic carbocycles. The van der Waals surface area contributed by atoms with Gasteiger partial charge in [-0.2, -0.15) is 5.10 Å². The number of guanidine groups is 1. The van der Waals surface area contributed by atoms with Gasteiger partial charge in [0, 0.05) is 24.4 Å². The molecule has 0 fully saturated rings. The molecule has 0 saturated heterocycles. The highest BCUT2D eigenvalue weighted by Gasteiger charge is 2.19. The summed E-state index contributed by atoms with van der Waals surface area (Å²) in [6.07, 6.45) is 5.56. The molecule has 0 saturated carbocycles. The summed E-state index contributed by atoms with van der Waals surface area (Å²) in [5.41, 5.74) is 2.33. The normalized spacial score (nSPS) is 11.8. The van der Waals surface area contributed by atoms with E-state index < -0.39 is 0 Å². The number of aromatic nitrogens is 3. The number of aliphatic imine (C=N–C) groups is 1. The molecule has 2 aromatic heterocycles. The van der Waals surface area contributed by atoms with Crippen LogP contribution in [0.1, 0.15) is 50.5 Å². The lowest BCUT2D eigenvalue weighted by atomic mass is 9.94. The molecule has 2 heterocycles. The van der Waals surface area contributed by atoms with E-state index in [0.717, 1.165) is 24.8 Å². The molecule has 0 bridgehead atoms. The summed E-state index contributed by atoms with van der Waals surface area (Å²) < 4.78 is 7.77. The first-order valence-corrected chi connectivity index (χ1v) is 9.97. The van der Waals surface area contributed by atoms with Crippen molar-refractivity contribution in [3.63, 3.8) is 0 Å². The molecule has 0 aliphatic rings. The van der Waals surface area contributed by atoms with Crippen LogP contribution in [0, 0.1) is 0 Å². The molecular formula is C22H31IN6O. The van der Waals surface area contributed by atoms with E-state index in [-0.39, 0.29) is 29.4 Å². The summed E-state index contributed by atoms with van der Waals surface area (Å²) in [5, 5.41) is 10.9. The van der Waals surface area contributed by atoms with Crippen LogP contribution in [0.4, 0.5) is 0 Å². The van der Waals surface area contributed by atoms with Gasteiger partial charge < -0.3 is 15.1 Å². The number of rotatable bonds is 7. The van der Waals surface area contributed by atoms with Crippen molar-refractivity contribution in [2.75, 3.05) is 6.54 Å². The van der Waals surface area contributed by atoms with Crippen molar-refractivity contribution in [3.05, 3.63) is 71.7 Å². The molecule has 30 heavy (non-hydrogen) atoms. The van der Waals surface area contributed by atoms with E-state index in [2.05, 4.69) is 53.6 Å². The first kappa shape index (κ1) is 23.9. The summed E-state index contributed by atoms with van der Waals surface area (Å²) >= 11 is 0. The summed E-state index contributed by atoms with van der Waals surface area (Å²) in [7, 11) is 0. The summed E-state index contributed by atoms with van der Waals surface area (Å²) in [4.78, 5) is 9.11. The number of halogens is 1. The third kappa shape index (κ3) is 6.86. The van der Waals surface area contributed by atoms with Crippen LogP contribution in [0.15, 0.2) is 58.3 Å². The quantitative estimate of drug-likeness (QED) is 0.278. The topological polar surface area (TPSA) is 80.3 Å². The lowest BCUT2D eigenvalue weighted by molar-refractivity contribution is 0.379. The van der Waals surface area contributed by atoms with E-state index in [0.29, 0.717) is 19.0 Å². The van der Waals surface area contributed by atoms with E-state index in [1.165, 1.54) is 11.1 Å². The number of hydrogen-bond donors (Lipinski definition) is 2. The molecule has 162 valence electrons. The average molecular weight is 522 g/mol. The molecule has 0 atom stereocenters. The Kier molecular flexibility index (Phi) is 8.88. The zero-order valence-electron chi connectivity index (χ0n) is 18.1. The molecule has 7 nitrogen and oxygen atoms in total. The van der Waals surface area contributed by atoms with Gasteiger partial charge in [0.25, 0.3) is 0 Å². The van der Waals surface area contributed by atoms with Crippen LogP contribution < -0.4 is 10.6 Å². The van der Waals surface area contributed by atoms with Crippen LogP contribution in [-0.4, -0.2) is 27.3 Å². The maximum absolute atomic E-state index is 5.85. The van der Waals surface area contributed by atoms with E-state index in [4.69, 9.17) is 9.41 Å². The van der Waals surface area contributed by atoms with Gasteiger partial charge in [-0.25, -0.2) is 9.98 Å². The number of oxazole rings is 1. The molecular weight excluding hydrogens is 491 g/mol. The van der Waals surface area contributed by atoms with Crippen molar-refractivity contribution in [1.29, 1.82) is 0 Å². The van der Waals surface area contributed by atoms with Crippen LogP contribution in [0.2, 0.25) is 0 Å². The average Bonchev–Trinajstić information content (AvgIpc) is 3.36. The molecule has 3 aromatic rings. The van der Waals surface area contributed by atoms with Crippen molar-refractivity contribution >= 4 is 29.9 Å². The number of hydrogen-bond acceptors (Lipinski definition) is 4. The van der Waals surface area contributed by atoms with Gasteiger partial charge in [0.15, 0.2) is 5.96 Å². The summed E-state index contributed by atoms with van der Waals surface area (Å²) in [5.74, 6) is 2.26. The van der Waals surface area contributed by atoms with Crippen molar-refractivity contribution in [3.8, 4) is 0 Å². The Morgan fingerprint density at radius 1 is 1.13 bits per heavy atom. The highest BCUT2D eigenvalue weighted by molar-refractivity contribution is 14.0. The fourth-order valence-corrected chi connectivity index (χ4v) is 2.84. The second-order valence-electron chi connectivity index (χ2n) is 7.89. The molecule has 0 spiro atoms. The number of nitrogens with zero attached hydrogens (tertiary/aromatic N) is 4. The summed E-state index contributed by atoms with van der Waals surface area (Å²) in [6.45, 7) is 10.9. The zero-order valence-corrected chi connectivity index (χ0v) is 20.4. The van der Waals surface area contributed by atoms with Gasteiger partial charge in [-0.05, 0) is 24.1 Å². The van der Waals surface area contributed by atoms with Crippen molar-refractivity contribution < 1.29 is 4.42 Å². The fraction of sp³-hybridized carbons (Fsp3) is 0.409. The van der Waals surface area contributed by atoms with Crippen molar-refractivity contribution in [2.45, 2.75) is 52.7 Å². The van der Waals surface area contributed by atoms with Gasteiger partial charge >= 0.3 is 0 Å². The monoisotopic (exact) mass is 522 g/mol. The third-order valence-corrected chi connectivity index (χ3v) is 4.46. The van der Waals surface area contributed by atoms with Crippen molar-refractivity contribution in [1.82, 2.24) is 25.4 Å². The van der Waals surface area contributed by atoms with Gasteiger partial charge in [-0.15, -0.1) is 24.0 Å². The van der Waals surface area contributed by atoms with E-state index in [1.54, 1.807) is 12.4 Å². The molecule has 2 N–H and O–H groups in total. The second-order valence-corrected chi connectivity index (χ2v) is 7.89. The zero-order chi connectivity index (χ0) is 20.7. The van der Waals surface area contributed by atoms with Gasteiger partial charge in [-0.1, -0.05) is 45.0 Å². The Balaban J connectivity index is 0.00000320. The lowest BCUT2D eigenvalue weighted by Crippen LogP contribution is -2.36. The highest BCUT2D eigenvalue weighted by atomic mass is 127. The maximum Gasteiger partial charge on any atom is 0.213 e. The largest absolute Gasteiger partial charge is 0.443 e. The highest BCUT2D eigenvalue weighted by Crippen LogP contribution is 2.22. The first-order valence-electron chi connectivity index (χ1n) is 9.97. The lowest BCUT2D eigenvalue weighted by Gasteiger charge is -2.13. The smallest absolute Gasteiger partial charge is 0.213 e. The fourth-order valence-electron chi connectivity index (χ4n) is 2.84. The van der Waals surface area contributed by atoms with Gasteiger partial charge in [-0.3, -0.25) is 4.68 Å². The first-order chi connectivity index (χ1) is 14.0. The van der Waals surface area contributed by atoms with Crippen LogP contribution in [-0.2, 0) is 25.0 Å². The van der Waals surface area contributed by atoms with Gasteiger partial charge in [0.2, 0.25) is 5.89 Å². The number of benzene rings is 1. The van der Waals surface area contributed by atoms with Crippen LogP contribution >= 0.6 is 24.0 Å². The SMILES string of the molecule is CCNC(=NCc1ccccc1Cn1cccn1)NCc1ncc(C(C)(C)C)o1.I. The molecule has 8 heteroatoms. The van der Waals surface area contributed by atoms with E-state index >= 15 is 0 Å². The minimum Gasteiger partial charge on any atom is -0.443 e. The maximum atomic E-state index is 5.85. The minimum absolute atomic E-state index is 0. The Morgan fingerprint density at radius 3 is 2.53 bits per heavy atom. The van der Waals surface area contributed by atoms with Crippen LogP contribution in [0.25, 0.3) is 0 Å².